The highest BCUT2D eigenvalue weighted by molar-refractivity contribution is 5.72. The van der Waals surface area contributed by atoms with Gasteiger partial charge in [-0.2, -0.15) is 0 Å². The maximum atomic E-state index is 10.5. The van der Waals surface area contributed by atoms with Crippen molar-refractivity contribution >= 4 is 24.2 Å². The van der Waals surface area contributed by atoms with Gasteiger partial charge in [0.25, 0.3) is 0 Å². The molecule has 0 aromatic carbocycles. The minimum atomic E-state index is -1.18. The lowest BCUT2D eigenvalue weighted by Gasteiger charge is -2.23. The van der Waals surface area contributed by atoms with E-state index in [0.717, 1.165) is 12.0 Å². The SMILES string of the molecule is CO.O=CCN(CCN(CC(=O)O)CC(=O)O)CC(=O)O. The van der Waals surface area contributed by atoms with Crippen molar-refractivity contribution in [3.8, 4) is 0 Å². The van der Waals surface area contributed by atoms with Gasteiger partial charge in [0, 0.05) is 20.2 Å². The van der Waals surface area contributed by atoms with E-state index in [1.54, 1.807) is 0 Å². The van der Waals surface area contributed by atoms with E-state index in [9.17, 15) is 19.2 Å². The molecule has 122 valence electrons. The molecule has 0 aliphatic heterocycles. The Labute approximate surface area is 121 Å². The summed E-state index contributed by atoms with van der Waals surface area (Å²) < 4.78 is 0. The highest BCUT2D eigenvalue weighted by Crippen LogP contribution is 1.93. The van der Waals surface area contributed by atoms with Gasteiger partial charge in [0.15, 0.2) is 0 Å². The van der Waals surface area contributed by atoms with E-state index >= 15 is 0 Å². The number of aldehydes is 1. The van der Waals surface area contributed by atoms with Crippen LogP contribution in [0.4, 0.5) is 0 Å². The number of carbonyl (C=O) groups excluding carboxylic acids is 1. The molecule has 0 amide bonds. The second-order valence-corrected chi connectivity index (χ2v) is 3.79. The number of hydrogen-bond acceptors (Lipinski definition) is 7. The van der Waals surface area contributed by atoms with E-state index in [2.05, 4.69) is 0 Å². The van der Waals surface area contributed by atoms with Gasteiger partial charge in [-0.05, 0) is 0 Å². The Kier molecular flexibility index (Phi) is 13.1. The number of carbonyl (C=O) groups is 4. The van der Waals surface area contributed by atoms with Crippen molar-refractivity contribution in [3.63, 3.8) is 0 Å². The first kappa shape index (κ1) is 21.3. The first-order chi connectivity index (χ1) is 9.85. The molecule has 0 saturated heterocycles. The van der Waals surface area contributed by atoms with Crippen LogP contribution in [-0.4, -0.2) is 101 Å². The molecule has 21 heavy (non-hydrogen) atoms. The van der Waals surface area contributed by atoms with Crippen LogP contribution in [0.2, 0.25) is 0 Å². The zero-order valence-electron chi connectivity index (χ0n) is 11.6. The van der Waals surface area contributed by atoms with Crippen LogP contribution in [0.1, 0.15) is 0 Å². The lowest BCUT2D eigenvalue weighted by molar-refractivity contribution is -0.143. The number of aliphatic carboxylic acids is 3. The van der Waals surface area contributed by atoms with Crippen LogP contribution in [0.3, 0.4) is 0 Å². The van der Waals surface area contributed by atoms with Crippen LogP contribution < -0.4 is 0 Å². The zero-order valence-corrected chi connectivity index (χ0v) is 11.6. The molecular weight excluding hydrogens is 288 g/mol. The molecule has 0 radical (unpaired) electrons. The van der Waals surface area contributed by atoms with E-state index in [-0.39, 0.29) is 26.2 Å². The molecule has 10 nitrogen and oxygen atoms in total. The van der Waals surface area contributed by atoms with E-state index in [0.29, 0.717) is 6.29 Å². The quantitative estimate of drug-likeness (QED) is 0.305. The largest absolute Gasteiger partial charge is 0.480 e. The predicted octanol–water partition coefficient (Wildman–Crippen LogP) is -2.35. The number of hydrogen-bond donors (Lipinski definition) is 4. The summed E-state index contributed by atoms with van der Waals surface area (Å²) in [4.78, 5) is 44.4. The second-order valence-electron chi connectivity index (χ2n) is 3.79. The van der Waals surface area contributed by atoms with Crippen LogP contribution in [0.5, 0.6) is 0 Å². The van der Waals surface area contributed by atoms with Gasteiger partial charge >= 0.3 is 17.9 Å². The lowest BCUT2D eigenvalue weighted by Crippen LogP contribution is -2.42. The molecule has 0 aromatic rings. The molecule has 0 aromatic heterocycles. The van der Waals surface area contributed by atoms with Crippen molar-refractivity contribution in [3.05, 3.63) is 0 Å². The lowest BCUT2D eigenvalue weighted by atomic mass is 10.4. The maximum Gasteiger partial charge on any atom is 0.317 e. The van der Waals surface area contributed by atoms with Crippen molar-refractivity contribution < 1.29 is 39.6 Å². The molecule has 0 aliphatic rings. The van der Waals surface area contributed by atoms with Crippen molar-refractivity contribution in [1.29, 1.82) is 0 Å². The topological polar surface area (TPSA) is 156 Å². The number of carboxylic acids is 3. The van der Waals surface area contributed by atoms with Gasteiger partial charge in [-0.1, -0.05) is 0 Å². The highest BCUT2D eigenvalue weighted by atomic mass is 16.4. The summed E-state index contributed by atoms with van der Waals surface area (Å²) in [5.74, 6) is -3.48. The van der Waals surface area contributed by atoms with Gasteiger partial charge in [-0.3, -0.25) is 24.2 Å². The first-order valence-corrected chi connectivity index (χ1v) is 5.83. The van der Waals surface area contributed by atoms with Crippen LogP contribution >= 0.6 is 0 Å². The normalized spacial score (nSPS) is 9.90. The second kappa shape index (κ2) is 13.0. The van der Waals surface area contributed by atoms with Crippen LogP contribution in [0.15, 0.2) is 0 Å². The molecule has 0 heterocycles. The van der Waals surface area contributed by atoms with Crippen LogP contribution in [-0.2, 0) is 19.2 Å². The molecule has 0 bridgehead atoms. The maximum absolute atomic E-state index is 10.5. The Hall–Kier alpha value is -2.04. The zero-order chi connectivity index (χ0) is 16.8. The number of rotatable bonds is 11. The molecule has 0 fully saturated rings. The van der Waals surface area contributed by atoms with E-state index in [1.807, 2.05) is 0 Å². The minimum absolute atomic E-state index is 0.0414. The fourth-order valence-electron chi connectivity index (χ4n) is 1.41. The van der Waals surface area contributed by atoms with Gasteiger partial charge in [0.2, 0.25) is 0 Å². The summed E-state index contributed by atoms with van der Waals surface area (Å²) in [5.41, 5.74) is 0. The Morgan fingerprint density at radius 2 is 1.14 bits per heavy atom. The van der Waals surface area contributed by atoms with E-state index < -0.39 is 31.0 Å². The smallest absolute Gasteiger partial charge is 0.317 e. The molecule has 0 unspecified atom stereocenters. The summed E-state index contributed by atoms with van der Waals surface area (Å²) in [5, 5.41) is 32.8. The Bertz CT molecular complexity index is 331. The van der Waals surface area contributed by atoms with E-state index in [1.165, 1.54) is 4.90 Å². The third kappa shape index (κ3) is 14.2. The fraction of sp³-hybridized carbons (Fsp3) is 0.636. The average Bonchev–Trinajstić information content (AvgIpc) is 2.36. The van der Waals surface area contributed by atoms with Gasteiger partial charge in [0.1, 0.15) is 6.29 Å². The van der Waals surface area contributed by atoms with Gasteiger partial charge in [0.05, 0.1) is 26.2 Å². The number of aliphatic hydroxyl groups is 1. The third-order valence-corrected chi connectivity index (χ3v) is 2.14. The van der Waals surface area contributed by atoms with Gasteiger partial charge in [-0.25, -0.2) is 0 Å². The van der Waals surface area contributed by atoms with Crippen molar-refractivity contribution in [2.24, 2.45) is 0 Å². The Morgan fingerprint density at radius 3 is 1.48 bits per heavy atom. The van der Waals surface area contributed by atoms with E-state index in [4.69, 9.17) is 20.4 Å². The molecule has 4 N–H and O–H groups in total. The first-order valence-electron chi connectivity index (χ1n) is 5.83. The number of nitrogens with zero attached hydrogens (tertiary/aromatic N) is 2. The molecule has 0 saturated carbocycles. The monoisotopic (exact) mass is 308 g/mol. The van der Waals surface area contributed by atoms with Crippen molar-refractivity contribution in [1.82, 2.24) is 9.80 Å². The number of aliphatic hydroxyl groups excluding tert-OH is 1. The minimum Gasteiger partial charge on any atom is -0.480 e. The average molecular weight is 308 g/mol. The molecule has 10 heteroatoms. The Morgan fingerprint density at radius 1 is 0.810 bits per heavy atom. The predicted molar refractivity (Wildman–Crippen MR) is 70.0 cm³/mol. The standard InChI is InChI=1S/C10H16N2O7.CH4O/c13-4-3-11(5-8(14)15)1-2-12(6-9(16)17)7-10(18)19;1-2/h4H,1-3,5-7H2,(H,14,15)(H,16,17)(H,18,19);2H,1H3. The Balaban J connectivity index is 0. The van der Waals surface area contributed by atoms with Gasteiger partial charge in [-0.15, -0.1) is 0 Å². The fourth-order valence-corrected chi connectivity index (χ4v) is 1.41. The van der Waals surface area contributed by atoms with Crippen molar-refractivity contribution in [2.75, 3.05) is 46.4 Å². The molecular formula is C11H20N2O8. The third-order valence-electron chi connectivity index (χ3n) is 2.14. The summed E-state index contributed by atoms with van der Waals surface area (Å²) in [6, 6.07) is 0. The summed E-state index contributed by atoms with van der Waals surface area (Å²) in [7, 11) is 1.00. The molecule has 0 atom stereocenters. The summed E-state index contributed by atoms with van der Waals surface area (Å²) >= 11 is 0. The molecule has 0 rings (SSSR count). The highest BCUT2D eigenvalue weighted by Gasteiger charge is 2.16. The summed E-state index contributed by atoms with van der Waals surface area (Å²) in [6.07, 6.45) is 0.529. The van der Waals surface area contributed by atoms with Gasteiger partial charge < -0.3 is 25.2 Å². The molecule has 0 spiro atoms. The van der Waals surface area contributed by atoms with Crippen LogP contribution in [0.25, 0.3) is 0 Å². The number of carboxylic acid groups (broad SMARTS) is 3. The van der Waals surface area contributed by atoms with Crippen LogP contribution in [0, 0.1) is 0 Å². The van der Waals surface area contributed by atoms with Crippen molar-refractivity contribution in [2.45, 2.75) is 0 Å². The molecule has 0 aliphatic carbocycles. The summed E-state index contributed by atoms with van der Waals surface area (Å²) in [6.45, 7) is -1.28.